The minimum atomic E-state index is -4.51. The van der Waals surface area contributed by atoms with Gasteiger partial charge >= 0.3 is 6.18 Å². The topological polar surface area (TPSA) is 54.1 Å². The summed E-state index contributed by atoms with van der Waals surface area (Å²) in [6, 6.07) is 3.79. The summed E-state index contributed by atoms with van der Waals surface area (Å²) in [5.41, 5.74) is -0.284. The lowest BCUT2D eigenvalue weighted by molar-refractivity contribution is -0.137. The Morgan fingerprint density at radius 3 is 2.54 bits per heavy atom. The predicted molar refractivity (Wildman–Crippen MR) is 96.1 cm³/mol. The van der Waals surface area contributed by atoms with Gasteiger partial charge in [0.25, 0.3) is 0 Å². The number of rotatable bonds is 5. The van der Waals surface area contributed by atoms with Gasteiger partial charge in [0.1, 0.15) is 6.07 Å². The Hall–Kier alpha value is -2.05. The second kappa shape index (κ2) is 7.68. The van der Waals surface area contributed by atoms with Gasteiger partial charge in [-0.25, -0.2) is 4.68 Å². The van der Waals surface area contributed by atoms with E-state index < -0.39 is 11.7 Å². The van der Waals surface area contributed by atoms with E-state index in [1.807, 2.05) is 13.0 Å². The molecule has 0 aliphatic rings. The van der Waals surface area contributed by atoms with Crippen LogP contribution in [0, 0.1) is 18.3 Å². The summed E-state index contributed by atoms with van der Waals surface area (Å²) in [6.07, 6.45) is -2.82. The number of aromatic nitrogens is 2. The first kappa shape index (κ1) is 20.3. The molecule has 0 saturated heterocycles. The van der Waals surface area contributed by atoms with Crippen LogP contribution in [-0.2, 0) is 6.18 Å². The Morgan fingerprint density at radius 2 is 2.08 bits per heavy atom. The van der Waals surface area contributed by atoms with Crippen LogP contribution >= 0.6 is 23.6 Å². The van der Waals surface area contributed by atoms with E-state index in [0.717, 1.165) is 24.2 Å². The molecule has 1 heterocycles. The van der Waals surface area contributed by atoms with Crippen molar-refractivity contribution in [2.75, 3.05) is 24.7 Å². The van der Waals surface area contributed by atoms with E-state index in [1.165, 1.54) is 11.6 Å². The molecule has 10 heteroatoms. The highest BCUT2D eigenvalue weighted by atomic mass is 35.5. The molecule has 2 aromatic rings. The standard InChI is InChI=1S/C16H16ClF3N4OS/c1-5-23(3)15-14(25-26-4)12(8-21)22-24(15)13-9(2)6-10(7-11(13)17)16(18,19)20/h6-7H,5H2,1-4H3. The number of aryl methyl sites for hydroxylation is 1. The van der Waals surface area contributed by atoms with Crippen molar-refractivity contribution in [2.24, 2.45) is 0 Å². The number of nitriles is 1. The zero-order valence-corrected chi connectivity index (χ0v) is 16.1. The Morgan fingerprint density at radius 1 is 1.42 bits per heavy atom. The van der Waals surface area contributed by atoms with Crippen LogP contribution in [0.5, 0.6) is 5.75 Å². The van der Waals surface area contributed by atoms with Crippen LogP contribution in [0.2, 0.25) is 5.02 Å². The zero-order valence-electron chi connectivity index (χ0n) is 14.5. The molecule has 0 N–H and O–H groups in total. The Bertz CT molecular complexity index is 837. The molecule has 0 atom stereocenters. The first-order valence-corrected chi connectivity index (χ1v) is 9.01. The highest BCUT2D eigenvalue weighted by molar-refractivity contribution is 7.94. The van der Waals surface area contributed by atoms with Crippen LogP contribution in [0.3, 0.4) is 0 Å². The van der Waals surface area contributed by atoms with Crippen molar-refractivity contribution < 1.29 is 17.4 Å². The molecule has 1 aromatic heterocycles. The van der Waals surface area contributed by atoms with E-state index in [4.69, 9.17) is 15.8 Å². The summed E-state index contributed by atoms with van der Waals surface area (Å²) in [5, 5.41) is 13.4. The average Bonchev–Trinajstić information content (AvgIpc) is 2.91. The van der Waals surface area contributed by atoms with Crippen LogP contribution in [0.15, 0.2) is 12.1 Å². The third-order valence-electron chi connectivity index (χ3n) is 3.72. The van der Waals surface area contributed by atoms with Gasteiger partial charge in [-0.1, -0.05) is 11.6 Å². The molecule has 0 spiro atoms. The fraction of sp³-hybridized carbons (Fsp3) is 0.375. The van der Waals surface area contributed by atoms with E-state index in [9.17, 15) is 18.4 Å². The van der Waals surface area contributed by atoms with E-state index in [1.54, 1.807) is 18.2 Å². The van der Waals surface area contributed by atoms with Crippen molar-refractivity contribution in [3.8, 4) is 17.5 Å². The molecule has 0 fully saturated rings. The highest BCUT2D eigenvalue weighted by Crippen LogP contribution is 2.40. The van der Waals surface area contributed by atoms with Gasteiger partial charge in [-0.2, -0.15) is 23.5 Å². The van der Waals surface area contributed by atoms with Gasteiger partial charge in [-0.05, 0) is 31.5 Å². The predicted octanol–water partition coefficient (Wildman–Crippen LogP) is 4.84. The molecule has 0 amide bonds. The molecule has 26 heavy (non-hydrogen) atoms. The Labute approximate surface area is 158 Å². The summed E-state index contributed by atoms with van der Waals surface area (Å²) < 4.78 is 45.9. The number of anilines is 1. The van der Waals surface area contributed by atoms with Crippen LogP contribution < -0.4 is 9.08 Å². The maximum atomic E-state index is 13.0. The summed E-state index contributed by atoms with van der Waals surface area (Å²) in [7, 11) is 1.76. The fourth-order valence-corrected chi connectivity index (χ4v) is 3.10. The van der Waals surface area contributed by atoms with Gasteiger partial charge in [-0.3, -0.25) is 0 Å². The smallest absolute Gasteiger partial charge is 0.416 e. The van der Waals surface area contributed by atoms with Crippen molar-refractivity contribution in [3.05, 3.63) is 34.0 Å². The van der Waals surface area contributed by atoms with Crippen LogP contribution in [0.25, 0.3) is 5.69 Å². The number of benzene rings is 1. The average molecular weight is 405 g/mol. The van der Waals surface area contributed by atoms with Crippen molar-refractivity contribution >= 4 is 29.5 Å². The van der Waals surface area contributed by atoms with Crippen LogP contribution in [0.1, 0.15) is 23.7 Å². The van der Waals surface area contributed by atoms with E-state index in [2.05, 4.69) is 5.10 Å². The zero-order chi connectivity index (χ0) is 19.6. The molecule has 0 radical (unpaired) electrons. The molecular formula is C16H16ClF3N4OS. The molecule has 2 rings (SSSR count). The number of halogens is 4. The second-order valence-corrected chi connectivity index (χ2v) is 6.32. The quantitative estimate of drug-likeness (QED) is 0.667. The first-order chi connectivity index (χ1) is 12.1. The molecule has 5 nitrogen and oxygen atoms in total. The van der Waals surface area contributed by atoms with Crippen molar-refractivity contribution in [3.63, 3.8) is 0 Å². The van der Waals surface area contributed by atoms with E-state index >= 15 is 0 Å². The maximum Gasteiger partial charge on any atom is 0.416 e. The SMILES string of the molecule is CCN(C)c1c(OSC)c(C#N)nn1-c1c(C)cc(C(F)(F)F)cc1Cl. The lowest BCUT2D eigenvalue weighted by atomic mass is 10.1. The van der Waals surface area contributed by atoms with Gasteiger partial charge in [0.2, 0.25) is 11.4 Å². The van der Waals surface area contributed by atoms with Crippen LogP contribution in [0.4, 0.5) is 19.0 Å². The maximum absolute atomic E-state index is 13.0. The molecule has 0 bridgehead atoms. The molecule has 1 aromatic carbocycles. The third-order valence-corrected chi connectivity index (χ3v) is 4.34. The summed E-state index contributed by atoms with van der Waals surface area (Å²) in [4.78, 5) is 1.77. The van der Waals surface area contributed by atoms with Crippen LogP contribution in [-0.4, -0.2) is 29.6 Å². The van der Waals surface area contributed by atoms with Gasteiger partial charge < -0.3 is 9.08 Å². The van der Waals surface area contributed by atoms with Gasteiger partial charge in [0.05, 0.1) is 28.3 Å². The summed E-state index contributed by atoms with van der Waals surface area (Å²) in [5.74, 6) is 0.669. The minimum Gasteiger partial charge on any atom is -0.419 e. The van der Waals surface area contributed by atoms with Crippen molar-refractivity contribution in [1.29, 1.82) is 5.26 Å². The highest BCUT2D eigenvalue weighted by Gasteiger charge is 2.33. The van der Waals surface area contributed by atoms with Crippen molar-refractivity contribution in [2.45, 2.75) is 20.0 Å². The third kappa shape index (κ3) is 3.71. The second-order valence-electron chi connectivity index (χ2n) is 5.41. The number of alkyl halides is 3. The number of hydrogen-bond acceptors (Lipinski definition) is 5. The lowest BCUT2D eigenvalue weighted by Gasteiger charge is -2.21. The molecule has 140 valence electrons. The number of nitrogens with zero attached hydrogens (tertiary/aromatic N) is 4. The summed E-state index contributed by atoms with van der Waals surface area (Å²) in [6.45, 7) is 3.95. The van der Waals surface area contributed by atoms with Crippen molar-refractivity contribution in [1.82, 2.24) is 9.78 Å². The van der Waals surface area contributed by atoms with E-state index in [0.29, 0.717) is 12.4 Å². The largest absolute Gasteiger partial charge is 0.419 e. The molecule has 0 saturated carbocycles. The Balaban J connectivity index is 2.79. The molecule has 0 unspecified atom stereocenters. The minimum absolute atomic E-state index is 0.0185. The number of hydrogen-bond donors (Lipinski definition) is 0. The van der Waals surface area contributed by atoms with E-state index in [-0.39, 0.29) is 27.7 Å². The Kier molecular flexibility index (Phi) is 5.98. The normalized spacial score (nSPS) is 11.3. The molecule has 0 aliphatic carbocycles. The monoisotopic (exact) mass is 404 g/mol. The van der Waals surface area contributed by atoms with Gasteiger partial charge in [0, 0.05) is 19.8 Å². The first-order valence-electron chi connectivity index (χ1n) is 7.48. The fourth-order valence-electron chi connectivity index (χ4n) is 2.44. The lowest BCUT2D eigenvalue weighted by Crippen LogP contribution is -2.20. The van der Waals surface area contributed by atoms with Gasteiger partial charge in [-0.15, -0.1) is 0 Å². The molecular weight excluding hydrogens is 389 g/mol. The van der Waals surface area contributed by atoms with Gasteiger partial charge in [0.15, 0.2) is 5.82 Å². The molecule has 0 aliphatic heterocycles. The summed E-state index contributed by atoms with van der Waals surface area (Å²) >= 11 is 7.20.